The minimum atomic E-state index is -0.947. The van der Waals surface area contributed by atoms with Gasteiger partial charge in [-0.05, 0) is 13.0 Å². The van der Waals surface area contributed by atoms with E-state index >= 15 is 0 Å². The van der Waals surface area contributed by atoms with Crippen molar-refractivity contribution in [1.29, 1.82) is 0 Å². The lowest BCUT2D eigenvalue weighted by Crippen LogP contribution is -2.32. The molecule has 2 saturated heterocycles. The van der Waals surface area contributed by atoms with Crippen LogP contribution in [0.4, 0.5) is 10.5 Å². The zero-order valence-electron chi connectivity index (χ0n) is 14.2. The van der Waals surface area contributed by atoms with Crippen LogP contribution in [0.15, 0.2) is 30.4 Å². The van der Waals surface area contributed by atoms with E-state index in [1.54, 1.807) is 0 Å². The molecule has 0 aromatic heterocycles. The van der Waals surface area contributed by atoms with Gasteiger partial charge in [0, 0.05) is 17.7 Å². The van der Waals surface area contributed by atoms with Gasteiger partial charge in [-0.15, -0.1) is 0 Å². The Morgan fingerprint density at radius 1 is 1.12 bits per heavy atom. The van der Waals surface area contributed by atoms with Gasteiger partial charge in [0.05, 0.1) is 38.5 Å². The maximum Gasteiger partial charge on any atom is 0.319 e. The maximum absolute atomic E-state index is 12.2. The molecule has 2 aliphatic heterocycles. The number of rotatable bonds is 3. The Hall–Kier alpha value is -1.93. The predicted octanol–water partition coefficient (Wildman–Crippen LogP) is 2.19. The van der Waals surface area contributed by atoms with Gasteiger partial charge >= 0.3 is 6.03 Å². The van der Waals surface area contributed by atoms with Gasteiger partial charge in [0.25, 0.3) is 0 Å². The lowest BCUT2D eigenvalue weighted by molar-refractivity contribution is -0.239. The van der Waals surface area contributed by atoms with Gasteiger partial charge in [0.15, 0.2) is 0 Å². The third kappa shape index (κ3) is 2.73. The summed E-state index contributed by atoms with van der Waals surface area (Å²) in [6.07, 6.45) is 0.418. The first-order valence-electron chi connectivity index (χ1n) is 8.44. The zero-order valence-corrected chi connectivity index (χ0v) is 14.2. The topological polar surface area (TPSA) is 78.1 Å². The third-order valence-electron chi connectivity index (χ3n) is 4.63. The molecule has 2 amide bonds. The summed E-state index contributed by atoms with van der Waals surface area (Å²) in [5.74, 6) is -1.82. The standard InChI is InChI=1S/C18H22N2O5/c1-12(2)10-19-16(21)20-14-5-3-4-13-15(14)18(24-8-9-25-18)11-17(13)22-6-7-23-17/h3-5H,1,6-11H2,2H3,(H2,19,20,21). The van der Waals surface area contributed by atoms with Crippen molar-refractivity contribution in [3.63, 3.8) is 0 Å². The fraction of sp³-hybridized carbons (Fsp3) is 0.500. The molecular formula is C18H22N2O5. The molecule has 1 aromatic carbocycles. The molecule has 0 atom stereocenters. The van der Waals surface area contributed by atoms with E-state index < -0.39 is 11.6 Å². The van der Waals surface area contributed by atoms with Crippen molar-refractivity contribution in [2.24, 2.45) is 0 Å². The number of urea groups is 1. The SMILES string of the molecule is C=C(C)CNC(=O)Nc1cccc2c1C1(CC23OCCO3)OCCO1. The first-order valence-corrected chi connectivity index (χ1v) is 8.44. The summed E-state index contributed by atoms with van der Waals surface area (Å²) in [6.45, 7) is 8.07. The largest absolute Gasteiger partial charge is 0.343 e. The normalized spacial score (nSPS) is 22.3. The van der Waals surface area contributed by atoms with Crippen LogP contribution in [0.2, 0.25) is 0 Å². The Balaban J connectivity index is 1.69. The highest BCUT2D eigenvalue weighted by Crippen LogP contribution is 2.57. The average molecular weight is 346 g/mol. The van der Waals surface area contributed by atoms with Crippen molar-refractivity contribution in [2.45, 2.75) is 24.9 Å². The van der Waals surface area contributed by atoms with E-state index in [1.807, 2.05) is 25.1 Å². The molecular weight excluding hydrogens is 324 g/mol. The summed E-state index contributed by atoms with van der Waals surface area (Å²) in [5.41, 5.74) is 3.14. The summed E-state index contributed by atoms with van der Waals surface area (Å²) >= 11 is 0. The summed E-state index contributed by atoms with van der Waals surface area (Å²) in [5, 5.41) is 5.66. The van der Waals surface area contributed by atoms with Crippen LogP contribution in [-0.4, -0.2) is 39.0 Å². The number of ether oxygens (including phenoxy) is 4. The number of benzene rings is 1. The molecule has 2 fully saturated rings. The molecule has 0 radical (unpaired) electrons. The van der Waals surface area contributed by atoms with Crippen LogP contribution >= 0.6 is 0 Å². The van der Waals surface area contributed by atoms with E-state index in [1.165, 1.54) is 0 Å². The van der Waals surface area contributed by atoms with Crippen molar-refractivity contribution < 1.29 is 23.7 Å². The fourth-order valence-electron chi connectivity index (χ4n) is 3.69. The quantitative estimate of drug-likeness (QED) is 0.821. The number of nitrogens with one attached hydrogen (secondary N) is 2. The van der Waals surface area contributed by atoms with Crippen LogP contribution in [0.5, 0.6) is 0 Å². The molecule has 2 heterocycles. The van der Waals surface area contributed by atoms with E-state index in [-0.39, 0.29) is 6.03 Å². The molecule has 0 bridgehead atoms. The van der Waals surface area contributed by atoms with Crippen molar-refractivity contribution >= 4 is 11.7 Å². The van der Waals surface area contributed by atoms with E-state index in [4.69, 9.17) is 18.9 Å². The van der Waals surface area contributed by atoms with E-state index in [0.717, 1.165) is 16.7 Å². The van der Waals surface area contributed by atoms with Crippen LogP contribution in [0.25, 0.3) is 0 Å². The summed E-state index contributed by atoms with van der Waals surface area (Å²) < 4.78 is 23.8. The molecule has 4 rings (SSSR count). The van der Waals surface area contributed by atoms with E-state index in [2.05, 4.69) is 17.2 Å². The molecule has 1 aliphatic carbocycles. The monoisotopic (exact) mass is 346 g/mol. The molecule has 0 saturated carbocycles. The number of hydrogen-bond acceptors (Lipinski definition) is 5. The second kappa shape index (κ2) is 6.10. The first kappa shape index (κ1) is 16.5. The Morgan fingerprint density at radius 2 is 1.76 bits per heavy atom. The third-order valence-corrected chi connectivity index (χ3v) is 4.63. The van der Waals surface area contributed by atoms with Crippen LogP contribution < -0.4 is 10.6 Å². The molecule has 2 spiro atoms. The van der Waals surface area contributed by atoms with Gasteiger partial charge in [0.1, 0.15) is 0 Å². The van der Waals surface area contributed by atoms with Crippen molar-refractivity contribution in [1.82, 2.24) is 5.32 Å². The first-order chi connectivity index (χ1) is 12.0. The predicted molar refractivity (Wildman–Crippen MR) is 90.1 cm³/mol. The molecule has 7 heteroatoms. The number of amides is 2. The highest BCUT2D eigenvalue weighted by Gasteiger charge is 2.60. The maximum atomic E-state index is 12.2. The molecule has 134 valence electrons. The smallest absolute Gasteiger partial charge is 0.319 e. The second-order valence-corrected chi connectivity index (χ2v) is 6.57. The molecule has 25 heavy (non-hydrogen) atoms. The number of anilines is 1. The lowest BCUT2D eigenvalue weighted by Gasteiger charge is -2.26. The highest BCUT2D eigenvalue weighted by molar-refractivity contribution is 5.91. The van der Waals surface area contributed by atoms with Gasteiger partial charge in [-0.25, -0.2) is 4.79 Å². The van der Waals surface area contributed by atoms with Crippen LogP contribution in [0.1, 0.15) is 24.5 Å². The van der Waals surface area contributed by atoms with Crippen molar-refractivity contribution in [3.05, 3.63) is 41.5 Å². The van der Waals surface area contributed by atoms with Gasteiger partial charge in [-0.2, -0.15) is 0 Å². The fourth-order valence-corrected chi connectivity index (χ4v) is 3.69. The Bertz CT molecular complexity index is 705. The summed E-state index contributed by atoms with van der Waals surface area (Å²) in [4.78, 5) is 12.2. The van der Waals surface area contributed by atoms with Crippen LogP contribution in [-0.2, 0) is 30.5 Å². The second-order valence-electron chi connectivity index (χ2n) is 6.57. The lowest BCUT2D eigenvalue weighted by atomic mass is 10.0. The summed E-state index contributed by atoms with van der Waals surface area (Å²) in [7, 11) is 0. The average Bonchev–Trinajstić information content (AvgIpc) is 3.29. The number of carbonyl (C=O) groups is 1. The zero-order chi connectivity index (χ0) is 17.5. The summed E-state index contributed by atoms with van der Waals surface area (Å²) in [6, 6.07) is 5.34. The molecule has 3 aliphatic rings. The van der Waals surface area contributed by atoms with Crippen LogP contribution in [0, 0.1) is 0 Å². The van der Waals surface area contributed by atoms with Gasteiger partial charge in [0.2, 0.25) is 11.6 Å². The minimum Gasteiger partial charge on any atom is -0.343 e. The van der Waals surface area contributed by atoms with E-state index in [0.29, 0.717) is 45.1 Å². The number of fused-ring (bicyclic) bond motifs is 3. The van der Waals surface area contributed by atoms with E-state index in [9.17, 15) is 4.79 Å². The Kier molecular flexibility index (Phi) is 4.04. The van der Waals surface area contributed by atoms with Gasteiger partial charge < -0.3 is 29.6 Å². The molecule has 7 nitrogen and oxygen atoms in total. The molecule has 0 unspecified atom stereocenters. The Morgan fingerprint density at radius 3 is 2.40 bits per heavy atom. The Labute approximate surface area is 146 Å². The van der Waals surface area contributed by atoms with Crippen molar-refractivity contribution in [3.8, 4) is 0 Å². The minimum absolute atomic E-state index is 0.307. The highest BCUT2D eigenvalue weighted by atomic mass is 16.8. The van der Waals surface area contributed by atoms with Crippen LogP contribution in [0.3, 0.4) is 0 Å². The van der Waals surface area contributed by atoms with Crippen molar-refractivity contribution in [2.75, 3.05) is 38.3 Å². The molecule has 1 aromatic rings. The number of hydrogen-bond donors (Lipinski definition) is 2. The number of carbonyl (C=O) groups excluding carboxylic acids is 1. The van der Waals surface area contributed by atoms with Gasteiger partial charge in [-0.1, -0.05) is 24.3 Å². The van der Waals surface area contributed by atoms with Gasteiger partial charge in [-0.3, -0.25) is 0 Å². The molecule has 2 N–H and O–H groups in total.